The highest BCUT2D eigenvalue weighted by molar-refractivity contribution is 7.89. The van der Waals surface area contributed by atoms with Gasteiger partial charge in [-0.3, -0.25) is 9.59 Å². The van der Waals surface area contributed by atoms with Crippen LogP contribution in [0.25, 0.3) is 0 Å². The van der Waals surface area contributed by atoms with Gasteiger partial charge in [0, 0.05) is 25.2 Å². The molecule has 2 heterocycles. The predicted octanol–water partition coefficient (Wildman–Crippen LogP) is 2.48. The van der Waals surface area contributed by atoms with Gasteiger partial charge in [-0.1, -0.05) is 36.9 Å². The summed E-state index contributed by atoms with van der Waals surface area (Å²) in [5.41, 5.74) is 1.64. The van der Waals surface area contributed by atoms with Gasteiger partial charge in [-0.05, 0) is 67.5 Å². The summed E-state index contributed by atoms with van der Waals surface area (Å²) in [6.45, 7) is 4.60. The van der Waals surface area contributed by atoms with Gasteiger partial charge in [0.1, 0.15) is 6.23 Å². The fourth-order valence-corrected chi connectivity index (χ4v) is 6.07. The van der Waals surface area contributed by atoms with Crippen LogP contribution in [0.1, 0.15) is 35.2 Å². The molecule has 2 saturated heterocycles. The van der Waals surface area contributed by atoms with Crippen LogP contribution in [-0.4, -0.2) is 56.5 Å². The zero-order valence-electron chi connectivity index (χ0n) is 19.6. The minimum atomic E-state index is -3.72. The van der Waals surface area contributed by atoms with Crippen LogP contribution in [0.15, 0.2) is 72.1 Å². The van der Waals surface area contributed by atoms with Crippen LogP contribution in [0.2, 0.25) is 0 Å². The van der Waals surface area contributed by atoms with E-state index in [4.69, 9.17) is 4.74 Å². The molecular formula is C26H31N3O5S. The van der Waals surface area contributed by atoms with Crippen molar-refractivity contribution in [2.45, 2.75) is 42.9 Å². The van der Waals surface area contributed by atoms with Crippen molar-refractivity contribution < 1.29 is 22.7 Å². The van der Waals surface area contributed by atoms with E-state index >= 15 is 0 Å². The van der Waals surface area contributed by atoms with Gasteiger partial charge in [-0.2, -0.15) is 4.31 Å². The molecule has 2 N–H and O–H groups in total. The third-order valence-corrected chi connectivity index (χ3v) is 8.41. The number of nitrogens with zero attached hydrogens (tertiary/aromatic N) is 1. The molecule has 2 aromatic carbocycles. The number of fused-ring (bicyclic) bond motifs is 1. The van der Waals surface area contributed by atoms with Gasteiger partial charge in [0.05, 0.1) is 11.0 Å². The van der Waals surface area contributed by atoms with Crippen LogP contribution in [0, 0.1) is 5.92 Å². The zero-order chi connectivity index (χ0) is 24.8. The molecule has 2 aliphatic heterocycles. The minimum absolute atomic E-state index is 0.145. The predicted molar refractivity (Wildman–Crippen MR) is 132 cm³/mol. The molecule has 0 bridgehead atoms. The maximum absolute atomic E-state index is 13.2. The second kappa shape index (κ2) is 11.2. The Bertz CT molecular complexity index is 1150. The summed E-state index contributed by atoms with van der Waals surface area (Å²) in [7, 11) is -3.72. The van der Waals surface area contributed by atoms with Crippen molar-refractivity contribution in [3.8, 4) is 0 Å². The maximum atomic E-state index is 13.2. The first-order valence-electron chi connectivity index (χ1n) is 11.9. The van der Waals surface area contributed by atoms with E-state index in [1.807, 2.05) is 18.2 Å². The number of ether oxygens (including phenoxy) is 1. The summed E-state index contributed by atoms with van der Waals surface area (Å²) in [6.07, 6.45) is 3.51. The first-order valence-corrected chi connectivity index (χ1v) is 13.3. The summed E-state index contributed by atoms with van der Waals surface area (Å²) in [4.78, 5) is 24.1. The third-order valence-electron chi connectivity index (χ3n) is 6.53. The molecule has 35 heavy (non-hydrogen) atoms. The molecule has 0 radical (unpaired) electrons. The molecule has 2 aromatic rings. The third kappa shape index (κ3) is 6.17. The highest BCUT2D eigenvalue weighted by atomic mass is 32.2. The Hall–Kier alpha value is -3.01. The average molecular weight is 498 g/mol. The molecule has 0 aromatic heterocycles. The van der Waals surface area contributed by atoms with Gasteiger partial charge in [0.25, 0.3) is 5.91 Å². The Morgan fingerprint density at radius 3 is 2.57 bits per heavy atom. The Labute approximate surface area is 206 Å². The van der Waals surface area contributed by atoms with Gasteiger partial charge in [-0.25, -0.2) is 8.42 Å². The van der Waals surface area contributed by atoms with Gasteiger partial charge >= 0.3 is 0 Å². The number of hydrogen-bond donors (Lipinski definition) is 2. The van der Waals surface area contributed by atoms with Crippen LogP contribution in [0.4, 0.5) is 0 Å². The van der Waals surface area contributed by atoms with Crippen LogP contribution >= 0.6 is 0 Å². The maximum Gasteiger partial charge on any atom is 0.251 e. The van der Waals surface area contributed by atoms with Crippen LogP contribution in [0.5, 0.6) is 0 Å². The number of nitrogens with one attached hydrogen (secondary N) is 2. The van der Waals surface area contributed by atoms with Crippen molar-refractivity contribution in [1.82, 2.24) is 14.9 Å². The van der Waals surface area contributed by atoms with Gasteiger partial charge in [0.15, 0.2) is 0 Å². The average Bonchev–Trinajstić information content (AvgIpc) is 3.28. The smallest absolute Gasteiger partial charge is 0.251 e. The number of hydrogen-bond acceptors (Lipinski definition) is 5. The zero-order valence-corrected chi connectivity index (χ0v) is 20.4. The number of benzene rings is 2. The molecule has 9 heteroatoms. The largest absolute Gasteiger partial charge is 0.354 e. The Morgan fingerprint density at radius 2 is 1.86 bits per heavy atom. The summed E-state index contributed by atoms with van der Waals surface area (Å²) in [5, 5.41) is 5.61. The van der Waals surface area contributed by atoms with Gasteiger partial charge in [-0.15, -0.1) is 0 Å². The quantitative estimate of drug-likeness (QED) is 0.409. The standard InChI is InChI=1S/C26H31N3O5S/c1-2-24(30)28-25-17-21-14-16-29(18-23(21)34-25)35(32,33)22-12-10-20(11-13-22)26(31)27-15-6-9-19-7-4-3-5-8-19/h2-5,7-8,10-13,21,23,25H,1,6,9,14-18H2,(H,27,31)(H,28,30). The molecule has 0 spiro atoms. The minimum Gasteiger partial charge on any atom is -0.354 e. The van der Waals surface area contributed by atoms with E-state index in [2.05, 4.69) is 29.3 Å². The molecule has 2 amide bonds. The number of rotatable bonds is 9. The summed E-state index contributed by atoms with van der Waals surface area (Å²) < 4.78 is 33.7. The number of carbonyl (C=O) groups excluding carboxylic acids is 2. The van der Waals surface area contributed by atoms with Gasteiger partial charge in [0.2, 0.25) is 15.9 Å². The molecule has 3 atom stereocenters. The van der Waals surface area contributed by atoms with Gasteiger partial charge < -0.3 is 15.4 Å². The van der Waals surface area contributed by atoms with E-state index < -0.39 is 16.3 Å². The van der Waals surface area contributed by atoms with Crippen LogP contribution in [0.3, 0.4) is 0 Å². The lowest BCUT2D eigenvalue weighted by Crippen LogP contribution is -2.45. The van der Waals surface area contributed by atoms with Crippen LogP contribution < -0.4 is 10.6 Å². The monoisotopic (exact) mass is 497 g/mol. The molecule has 0 saturated carbocycles. The Kier molecular flexibility index (Phi) is 8.00. The fraction of sp³-hybridized carbons (Fsp3) is 0.385. The molecule has 4 rings (SSSR count). The van der Waals surface area contributed by atoms with E-state index in [0.717, 1.165) is 12.8 Å². The van der Waals surface area contributed by atoms with Crippen molar-refractivity contribution in [1.29, 1.82) is 0 Å². The van der Waals surface area contributed by atoms with E-state index in [0.29, 0.717) is 31.5 Å². The molecule has 2 fully saturated rings. The summed E-state index contributed by atoms with van der Waals surface area (Å²) in [5.74, 6) is -0.335. The highest BCUT2D eigenvalue weighted by Crippen LogP contribution is 2.34. The fourth-order valence-electron chi connectivity index (χ4n) is 4.60. The van der Waals surface area contributed by atoms with Crippen molar-refractivity contribution in [2.75, 3.05) is 19.6 Å². The Balaban J connectivity index is 1.30. The van der Waals surface area contributed by atoms with E-state index in [9.17, 15) is 18.0 Å². The molecule has 2 aliphatic rings. The number of amides is 2. The SMILES string of the molecule is C=CC(=O)NC1CC2CCN(S(=O)(=O)c3ccc(C(=O)NCCCc4ccccc4)cc3)CC2O1. The van der Waals surface area contributed by atoms with Crippen molar-refractivity contribution >= 4 is 21.8 Å². The lowest BCUT2D eigenvalue weighted by atomic mass is 9.94. The molecule has 186 valence electrons. The first kappa shape index (κ1) is 25.1. The Morgan fingerprint density at radius 1 is 1.11 bits per heavy atom. The van der Waals surface area contributed by atoms with Crippen LogP contribution in [-0.2, 0) is 26.0 Å². The second-order valence-corrected chi connectivity index (χ2v) is 10.8. The summed E-state index contributed by atoms with van der Waals surface area (Å²) >= 11 is 0. The molecular weight excluding hydrogens is 466 g/mol. The number of piperidine rings is 1. The molecule has 8 nitrogen and oxygen atoms in total. The lowest BCUT2D eigenvalue weighted by molar-refractivity contribution is -0.120. The highest BCUT2D eigenvalue weighted by Gasteiger charge is 2.42. The summed E-state index contributed by atoms with van der Waals surface area (Å²) in [6, 6.07) is 16.1. The van der Waals surface area contributed by atoms with Crippen molar-refractivity contribution in [3.05, 3.63) is 78.4 Å². The number of aryl methyl sites for hydroxylation is 1. The lowest BCUT2D eigenvalue weighted by Gasteiger charge is -2.33. The molecule has 3 unspecified atom stereocenters. The van der Waals surface area contributed by atoms with E-state index in [-0.39, 0.29) is 35.3 Å². The number of carbonyl (C=O) groups is 2. The second-order valence-electron chi connectivity index (χ2n) is 8.89. The van der Waals surface area contributed by atoms with E-state index in [1.54, 1.807) is 12.1 Å². The number of sulfonamides is 1. The van der Waals surface area contributed by atoms with Crippen molar-refractivity contribution in [3.63, 3.8) is 0 Å². The first-order chi connectivity index (χ1) is 16.9. The normalized spacial score (nSPS) is 22.2. The molecule has 0 aliphatic carbocycles. The van der Waals surface area contributed by atoms with E-state index in [1.165, 1.54) is 28.1 Å². The topological polar surface area (TPSA) is 105 Å². The van der Waals surface area contributed by atoms with Crippen molar-refractivity contribution in [2.24, 2.45) is 5.92 Å².